The summed E-state index contributed by atoms with van der Waals surface area (Å²) >= 11 is 0. The number of hydrogen-bond donors (Lipinski definition) is 0. The monoisotopic (exact) mass is 393 g/mol. The standard InChI is InChI=1S/C23H27N3O3/c1-23(2,3)29-22(27)26-11-9-17(10-12-26)20-14-21(25-15-24-20)28-19-8-7-16-5-4-6-18(16)13-19/h4,6-8,13-15,17H,5,9-12H2,1-3H3. The summed E-state index contributed by atoms with van der Waals surface area (Å²) in [6, 6.07) is 8.03. The first-order valence-corrected chi connectivity index (χ1v) is 10.1. The highest BCUT2D eigenvalue weighted by molar-refractivity contribution is 5.68. The van der Waals surface area contributed by atoms with Crippen molar-refractivity contribution in [2.45, 2.75) is 51.6 Å². The lowest BCUT2D eigenvalue weighted by molar-refractivity contribution is 0.0204. The molecular weight excluding hydrogens is 366 g/mol. The number of carbonyl (C=O) groups is 1. The second kappa shape index (κ2) is 7.85. The van der Waals surface area contributed by atoms with E-state index in [1.807, 2.05) is 39.0 Å². The summed E-state index contributed by atoms with van der Waals surface area (Å²) in [5.41, 5.74) is 3.00. The van der Waals surface area contributed by atoms with E-state index in [0.29, 0.717) is 19.0 Å². The van der Waals surface area contributed by atoms with Crippen LogP contribution in [0.25, 0.3) is 6.08 Å². The van der Waals surface area contributed by atoms with Crippen LogP contribution in [0.3, 0.4) is 0 Å². The average Bonchev–Trinajstić information content (AvgIpc) is 3.15. The Labute approximate surface area is 171 Å². The van der Waals surface area contributed by atoms with Gasteiger partial charge in [-0.2, -0.15) is 0 Å². The largest absolute Gasteiger partial charge is 0.444 e. The SMILES string of the molecule is CC(C)(C)OC(=O)N1CCC(c2cc(Oc3ccc4c(c3)C=CC4)ncn2)CC1. The molecule has 152 valence electrons. The van der Waals surface area contributed by atoms with Gasteiger partial charge in [-0.25, -0.2) is 14.8 Å². The van der Waals surface area contributed by atoms with Gasteiger partial charge in [-0.1, -0.05) is 18.2 Å². The molecular formula is C23H27N3O3. The molecule has 1 aromatic carbocycles. The van der Waals surface area contributed by atoms with E-state index in [1.165, 1.54) is 11.1 Å². The zero-order valence-corrected chi connectivity index (χ0v) is 17.2. The van der Waals surface area contributed by atoms with Crippen molar-refractivity contribution in [3.63, 3.8) is 0 Å². The normalized spacial score (nSPS) is 16.6. The van der Waals surface area contributed by atoms with Gasteiger partial charge in [-0.15, -0.1) is 0 Å². The lowest BCUT2D eigenvalue weighted by Crippen LogP contribution is -2.41. The van der Waals surface area contributed by atoms with Crippen LogP contribution in [0.15, 0.2) is 36.7 Å². The number of carbonyl (C=O) groups excluding carboxylic acids is 1. The van der Waals surface area contributed by atoms with Crippen LogP contribution in [0, 0.1) is 0 Å². The van der Waals surface area contributed by atoms with Crippen molar-refractivity contribution in [3.8, 4) is 11.6 Å². The molecule has 1 fully saturated rings. The molecule has 0 spiro atoms. The molecule has 4 rings (SSSR count). The highest BCUT2D eigenvalue weighted by Gasteiger charge is 2.28. The lowest BCUT2D eigenvalue weighted by atomic mass is 9.93. The van der Waals surface area contributed by atoms with Gasteiger partial charge in [-0.05, 0) is 63.3 Å². The molecule has 0 radical (unpaired) electrons. The number of aromatic nitrogens is 2. The fourth-order valence-corrected chi connectivity index (χ4v) is 3.73. The molecule has 29 heavy (non-hydrogen) atoms. The van der Waals surface area contributed by atoms with E-state index in [0.717, 1.165) is 30.7 Å². The molecule has 2 aliphatic rings. The van der Waals surface area contributed by atoms with Gasteiger partial charge in [0.05, 0.1) is 5.69 Å². The molecule has 1 aliphatic carbocycles. The van der Waals surface area contributed by atoms with Gasteiger partial charge in [-0.3, -0.25) is 0 Å². The molecule has 2 heterocycles. The van der Waals surface area contributed by atoms with Crippen LogP contribution in [0.4, 0.5) is 4.79 Å². The van der Waals surface area contributed by atoms with E-state index in [4.69, 9.17) is 9.47 Å². The van der Waals surface area contributed by atoms with Crippen LogP contribution in [0.5, 0.6) is 11.6 Å². The number of allylic oxidation sites excluding steroid dienone is 1. The van der Waals surface area contributed by atoms with Gasteiger partial charge in [0.15, 0.2) is 0 Å². The maximum atomic E-state index is 12.2. The van der Waals surface area contributed by atoms with Crippen LogP contribution in [-0.4, -0.2) is 39.7 Å². The summed E-state index contributed by atoms with van der Waals surface area (Å²) in [6.07, 6.45) is 8.26. The molecule has 1 aliphatic heterocycles. The zero-order valence-electron chi connectivity index (χ0n) is 17.2. The number of ether oxygens (including phenoxy) is 2. The summed E-state index contributed by atoms with van der Waals surface area (Å²) in [4.78, 5) is 22.7. The first kappa shape index (κ1) is 19.4. The molecule has 1 saturated heterocycles. The van der Waals surface area contributed by atoms with Crippen molar-refractivity contribution in [2.75, 3.05) is 13.1 Å². The van der Waals surface area contributed by atoms with E-state index in [1.54, 1.807) is 11.2 Å². The van der Waals surface area contributed by atoms with Crippen molar-refractivity contribution in [1.82, 2.24) is 14.9 Å². The minimum atomic E-state index is -0.472. The topological polar surface area (TPSA) is 64.5 Å². The van der Waals surface area contributed by atoms with Gasteiger partial charge in [0, 0.05) is 25.1 Å². The van der Waals surface area contributed by atoms with E-state index < -0.39 is 5.60 Å². The summed E-state index contributed by atoms with van der Waals surface area (Å²) in [5, 5.41) is 0. The Balaban J connectivity index is 1.38. The predicted molar refractivity (Wildman–Crippen MR) is 111 cm³/mol. The van der Waals surface area contributed by atoms with E-state index >= 15 is 0 Å². The fourth-order valence-electron chi connectivity index (χ4n) is 3.73. The Morgan fingerprint density at radius 2 is 1.93 bits per heavy atom. The number of hydrogen-bond acceptors (Lipinski definition) is 5. The Hall–Kier alpha value is -2.89. The maximum absolute atomic E-state index is 12.2. The summed E-state index contributed by atoms with van der Waals surface area (Å²) < 4.78 is 11.5. The smallest absolute Gasteiger partial charge is 0.410 e. The van der Waals surface area contributed by atoms with Crippen molar-refractivity contribution >= 4 is 12.2 Å². The first-order valence-electron chi connectivity index (χ1n) is 10.1. The van der Waals surface area contributed by atoms with E-state index in [9.17, 15) is 4.79 Å². The molecule has 0 N–H and O–H groups in total. The molecule has 6 heteroatoms. The third-order valence-electron chi connectivity index (χ3n) is 5.20. The van der Waals surface area contributed by atoms with Gasteiger partial charge < -0.3 is 14.4 Å². The third kappa shape index (κ3) is 4.75. The highest BCUT2D eigenvalue weighted by Crippen LogP contribution is 2.31. The molecule has 1 amide bonds. The van der Waals surface area contributed by atoms with Crippen LogP contribution in [0.2, 0.25) is 0 Å². The zero-order chi connectivity index (χ0) is 20.4. The minimum Gasteiger partial charge on any atom is -0.444 e. The number of fused-ring (bicyclic) bond motifs is 1. The van der Waals surface area contributed by atoms with Crippen molar-refractivity contribution in [1.29, 1.82) is 0 Å². The predicted octanol–water partition coefficient (Wildman–Crippen LogP) is 4.95. The van der Waals surface area contributed by atoms with Crippen molar-refractivity contribution in [2.24, 2.45) is 0 Å². The van der Waals surface area contributed by atoms with Crippen molar-refractivity contribution < 1.29 is 14.3 Å². The van der Waals surface area contributed by atoms with Crippen LogP contribution < -0.4 is 4.74 Å². The van der Waals surface area contributed by atoms with E-state index in [2.05, 4.69) is 28.2 Å². The van der Waals surface area contributed by atoms with Gasteiger partial charge >= 0.3 is 6.09 Å². The number of benzene rings is 1. The maximum Gasteiger partial charge on any atom is 0.410 e. The van der Waals surface area contributed by atoms with Crippen LogP contribution in [-0.2, 0) is 11.2 Å². The molecule has 2 aromatic rings. The Morgan fingerprint density at radius 3 is 2.69 bits per heavy atom. The molecule has 6 nitrogen and oxygen atoms in total. The number of nitrogens with zero attached hydrogens (tertiary/aromatic N) is 3. The highest BCUT2D eigenvalue weighted by atomic mass is 16.6. The number of amides is 1. The number of likely N-dealkylation sites (tertiary alicyclic amines) is 1. The summed E-state index contributed by atoms with van der Waals surface area (Å²) in [7, 11) is 0. The molecule has 0 unspecified atom stereocenters. The first-order chi connectivity index (χ1) is 13.9. The Morgan fingerprint density at radius 1 is 1.14 bits per heavy atom. The molecule has 0 saturated carbocycles. The van der Waals surface area contributed by atoms with Gasteiger partial charge in [0.1, 0.15) is 17.7 Å². The molecule has 1 aromatic heterocycles. The number of piperidine rings is 1. The van der Waals surface area contributed by atoms with Gasteiger partial charge in [0.2, 0.25) is 5.88 Å². The third-order valence-corrected chi connectivity index (χ3v) is 5.20. The van der Waals surface area contributed by atoms with Gasteiger partial charge in [0.25, 0.3) is 0 Å². The number of rotatable bonds is 3. The molecule has 0 bridgehead atoms. The Kier molecular flexibility index (Phi) is 5.26. The quantitative estimate of drug-likeness (QED) is 0.738. The Bertz CT molecular complexity index is 925. The second-order valence-electron chi connectivity index (χ2n) is 8.59. The van der Waals surface area contributed by atoms with E-state index in [-0.39, 0.29) is 12.0 Å². The average molecular weight is 393 g/mol. The van der Waals surface area contributed by atoms with Crippen LogP contribution >= 0.6 is 0 Å². The second-order valence-corrected chi connectivity index (χ2v) is 8.59. The van der Waals surface area contributed by atoms with Crippen molar-refractivity contribution in [3.05, 3.63) is 53.5 Å². The summed E-state index contributed by atoms with van der Waals surface area (Å²) in [5.74, 6) is 1.60. The lowest BCUT2D eigenvalue weighted by Gasteiger charge is -2.33. The van der Waals surface area contributed by atoms with Crippen LogP contribution in [0.1, 0.15) is 56.4 Å². The minimum absolute atomic E-state index is 0.242. The molecule has 0 atom stereocenters. The summed E-state index contributed by atoms with van der Waals surface area (Å²) in [6.45, 7) is 6.99. The fraction of sp³-hybridized carbons (Fsp3) is 0.435.